The molecule has 170 valence electrons. The van der Waals surface area contributed by atoms with Crippen molar-refractivity contribution in [1.29, 1.82) is 0 Å². The van der Waals surface area contributed by atoms with Crippen LogP contribution in [0.3, 0.4) is 0 Å². The predicted molar refractivity (Wildman–Crippen MR) is 132 cm³/mol. The van der Waals surface area contributed by atoms with E-state index in [0.717, 1.165) is 5.69 Å². The summed E-state index contributed by atoms with van der Waals surface area (Å²) in [5, 5.41) is 8.17. The molecule has 1 aliphatic heterocycles. The number of nitrogens with zero attached hydrogens (tertiary/aromatic N) is 3. The van der Waals surface area contributed by atoms with Crippen LogP contribution >= 0.6 is 0 Å². The van der Waals surface area contributed by atoms with Crippen molar-refractivity contribution in [3.63, 3.8) is 0 Å². The second-order valence-electron chi connectivity index (χ2n) is 7.65. The van der Waals surface area contributed by atoms with Crippen molar-refractivity contribution in [2.45, 2.75) is 0 Å². The number of hydrazone groups is 1. The van der Waals surface area contributed by atoms with Gasteiger partial charge in [0.1, 0.15) is 5.57 Å². The maximum atomic E-state index is 12.9. The van der Waals surface area contributed by atoms with Gasteiger partial charge in [0.25, 0.3) is 24.2 Å². The smallest absolute Gasteiger partial charge is 0.299 e. The van der Waals surface area contributed by atoms with Gasteiger partial charge < -0.3 is 15.0 Å². The number of benzene rings is 3. The minimum Gasteiger partial charge on any atom is -0.407 e. The van der Waals surface area contributed by atoms with Crippen LogP contribution in [0.15, 0.2) is 89.5 Å². The number of para-hydroxylation sites is 1. The number of rotatable bonds is 6. The van der Waals surface area contributed by atoms with Crippen molar-refractivity contribution in [2.24, 2.45) is 5.10 Å². The van der Waals surface area contributed by atoms with Gasteiger partial charge in [-0.2, -0.15) is 5.01 Å². The monoisotopic (exact) mass is 454 g/mol. The molecule has 1 heterocycles. The van der Waals surface area contributed by atoms with Crippen LogP contribution in [-0.4, -0.2) is 38.3 Å². The van der Waals surface area contributed by atoms with E-state index in [2.05, 4.69) is 10.4 Å². The third-order valence-corrected chi connectivity index (χ3v) is 5.13. The predicted octanol–water partition coefficient (Wildman–Crippen LogP) is 3.92. The second kappa shape index (κ2) is 9.83. The summed E-state index contributed by atoms with van der Waals surface area (Å²) in [6, 6.07) is 23.1. The summed E-state index contributed by atoms with van der Waals surface area (Å²) >= 11 is 0. The largest absolute Gasteiger partial charge is 0.407 e. The van der Waals surface area contributed by atoms with Crippen molar-refractivity contribution in [3.8, 4) is 0 Å². The Bertz CT molecular complexity index is 1260. The molecule has 0 aliphatic carbocycles. The Hall–Kier alpha value is -4.72. The van der Waals surface area contributed by atoms with E-state index in [0.29, 0.717) is 22.5 Å². The van der Waals surface area contributed by atoms with Crippen LogP contribution in [0, 0.1) is 0 Å². The lowest BCUT2D eigenvalue weighted by Crippen LogP contribution is -2.21. The number of nitrogens with one attached hydrogen (secondary N) is 1. The van der Waals surface area contributed by atoms with E-state index < -0.39 is 5.91 Å². The van der Waals surface area contributed by atoms with Gasteiger partial charge in [-0.25, -0.2) is 0 Å². The average Bonchev–Trinajstić information content (AvgIpc) is 3.16. The molecule has 3 aromatic carbocycles. The molecule has 0 fully saturated rings. The van der Waals surface area contributed by atoms with Crippen LogP contribution in [0.5, 0.6) is 0 Å². The molecule has 0 spiro atoms. The highest BCUT2D eigenvalue weighted by atomic mass is 16.5. The Morgan fingerprint density at radius 1 is 0.971 bits per heavy atom. The fourth-order valence-electron chi connectivity index (χ4n) is 3.34. The van der Waals surface area contributed by atoms with E-state index >= 15 is 0 Å². The van der Waals surface area contributed by atoms with Crippen LogP contribution in [0.25, 0.3) is 6.08 Å². The molecule has 0 aromatic heterocycles. The number of hydrogen-bond acceptors (Lipinski definition) is 6. The molecule has 4 rings (SSSR count). The van der Waals surface area contributed by atoms with Crippen LogP contribution in [0.4, 0.5) is 17.1 Å². The molecule has 0 saturated carbocycles. The van der Waals surface area contributed by atoms with E-state index in [1.807, 2.05) is 37.2 Å². The highest BCUT2D eigenvalue weighted by Crippen LogP contribution is 2.25. The maximum Gasteiger partial charge on any atom is 0.299 e. The Labute approximate surface area is 196 Å². The Balaban J connectivity index is 1.50. The first kappa shape index (κ1) is 22.5. The first-order chi connectivity index (χ1) is 16.5. The average molecular weight is 454 g/mol. The lowest BCUT2D eigenvalue weighted by atomic mass is 10.1. The van der Waals surface area contributed by atoms with Gasteiger partial charge in [0.2, 0.25) is 0 Å². The summed E-state index contributed by atoms with van der Waals surface area (Å²) in [6.07, 6.45) is 1.58. The van der Waals surface area contributed by atoms with E-state index in [1.165, 1.54) is 5.01 Å². The third kappa shape index (κ3) is 4.86. The normalized spacial score (nSPS) is 14.1. The minimum absolute atomic E-state index is 0.0811. The van der Waals surface area contributed by atoms with Crippen molar-refractivity contribution in [1.82, 2.24) is 0 Å². The highest BCUT2D eigenvalue weighted by molar-refractivity contribution is 6.31. The van der Waals surface area contributed by atoms with Crippen molar-refractivity contribution in [2.75, 3.05) is 29.3 Å². The van der Waals surface area contributed by atoms with E-state index in [-0.39, 0.29) is 23.9 Å². The fraction of sp³-hybridized carbons (Fsp3) is 0.0769. The lowest BCUT2D eigenvalue weighted by Gasteiger charge is -2.12. The summed E-state index contributed by atoms with van der Waals surface area (Å²) < 4.78 is 4.94. The van der Waals surface area contributed by atoms with Crippen LogP contribution < -0.4 is 15.2 Å². The molecule has 3 aromatic rings. The summed E-state index contributed by atoms with van der Waals surface area (Å²) in [4.78, 5) is 38.3. The molecule has 8 nitrogen and oxygen atoms in total. The molecule has 0 bridgehead atoms. The SMILES string of the molecule is CN(C)c1ccc(C(=O)Nc2ccc(C=C3C(=O)N(c4ccccc4)N=C3OC=O)cc2)cc1. The topological polar surface area (TPSA) is 91.3 Å². The Morgan fingerprint density at radius 3 is 2.26 bits per heavy atom. The van der Waals surface area contributed by atoms with Gasteiger partial charge in [0.05, 0.1) is 5.69 Å². The lowest BCUT2D eigenvalue weighted by molar-refractivity contribution is -0.121. The third-order valence-electron chi connectivity index (χ3n) is 5.13. The quantitative estimate of drug-likeness (QED) is 0.450. The number of hydrogen-bond donors (Lipinski definition) is 1. The molecular formula is C26H22N4O4. The standard InChI is InChI=1S/C26H22N4O4/c1-29(2)21-14-10-19(11-15-21)24(32)27-20-12-8-18(9-13-20)16-23-25(34-17-31)28-30(26(23)33)22-6-4-3-5-7-22/h3-17H,1-2H3,(H,27,32). The minimum atomic E-state index is -0.415. The summed E-state index contributed by atoms with van der Waals surface area (Å²) in [5.41, 5.74) is 3.52. The molecule has 0 radical (unpaired) electrons. The van der Waals surface area contributed by atoms with Gasteiger partial charge in [-0.05, 0) is 60.2 Å². The van der Waals surface area contributed by atoms with Gasteiger partial charge in [-0.1, -0.05) is 30.3 Å². The Kier molecular flexibility index (Phi) is 6.49. The molecule has 8 heteroatoms. The van der Waals surface area contributed by atoms with Crippen molar-refractivity contribution < 1.29 is 19.1 Å². The van der Waals surface area contributed by atoms with E-state index in [1.54, 1.807) is 66.7 Å². The summed E-state index contributed by atoms with van der Waals surface area (Å²) in [7, 11) is 3.87. The zero-order chi connectivity index (χ0) is 24.1. The van der Waals surface area contributed by atoms with Crippen LogP contribution in [-0.2, 0) is 14.3 Å². The molecule has 0 atom stereocenters. The van der Waals surface area contributed by atoms with Crippen LogP contribution in [0.2, 0.25) is 0 Å². The first-order valence-corrected chi connectivity index (χ1v) is 10.5. The maximum absolute atomic E-state index is 12.9. The van der Waals surface area contributed by atoms with Crippen molar-refractivity contribution in [3.05, 3.63) is 95.6 Å². The van der Waals surface area contributed by atoms with Crippen molar-refractivity contribution >= 4 is 47.3 Å². The molecular weight excluding hydrogens is 432 g/mol. The van der Waals surface area contributed by atoms with Gasteiger partial charge in [-0.15, -0.1) is 5.10 Å². The Morgan fingerprint density at radius 2 is 1.65 bits per heavy atom. The number of carbonyl (C=O) groups is 3. The molecule has 1 aliphatic rings. The van der Waals surface area contributed by atoms with Gasteiger partial charge in [-0.3, -0.25) is 14.4 Å². The highest BCUT2D eigenvalue weighted by Gasteiger charge is 2.32. The zero-order valence-electron chi connectivity index (χ0n) is 18.6. The summed E-state index contributed by atoms with van der Waals surface area (Å²) in [5.74, 6) is -0.723. The zero-order valence-corrected chi connectivity index (χ0v) is 18.6. The molecule has 34 heavy (non-hydrogen) atoms. The fourth-order valence-corrected chi connectivity index (χ4v) is 3.34. The molecule has 0 saturated heterocycles. The number of amides is 2. The summed E-state index contributed by atoms with van der Waals surface area (Å²) in [6.45, 7) is 0.234. The number of carbonyl (C=O) groups excluding carboxylic acids is 3. The molecule has 1 N–H and O–H groups in total. The number of anilines is 3. The first-order valence-electron chi connectivity index (χ1n) is 10.5. The molecule has 2 amide bonds. The van der Waals surface area contributed by atoms with Gasteiger partial charge >= 0.3 is 0 Å². The van der Waals surface area contributed by atoms with E-state index in [4.69, 9.17) is 4.74 Å². The van der Waals surface area contributed by atoms with E-state index in [9.17, 15) is 14.4 Å². The van der Waals surface area contributed by atoms with Crippen LogP contribution in [0.1, 0.15) is 15.9 Å². The second-order valence-corrected chi connectivity index (χ2v) is 7.65. The molecule has 0 unspecified atom stereocenters. The van der Waals surface area contributed by atoms with Gasteiger partial charge in [0, 0.05) is 31.0 Å². The van der Waals surface area contributed by atoms with Gasteiger partial charge in [0.15, 0.2) is 0 Å². The number of ether oxygens (including phenoxy) is 1.